The van der Waals surface area contributed by atoms with Gasteiger partial charge >= 0.3 is 0 Å². The number of halogens is 1. The van der Waals surface area contributed by atoms with Crippen LogP contribution < -0.4 is 9.64 Å². The molecule has 0 radical (unpaired) electrons. The van der Waals surface area contributed by atoms with Gasteiger partial charge in [-0.25, -0.2) is 0 Å². The fraction of sp³-hybridized carbons (Fsp3) is 0.259. The van der Waals surface area contributed by atoms with E-state index in [4.69, 9.17) is 16.3 Å². The van der Waals surface area contributed by atoms with Crippen molar-refractivity contribution in [3.05, 3.63) is 94.5 Å². The second-order valence-corrected chi connectivity index (χ2v) is 8.95. The molecule has 33 heavy (non-hydrogen) atoms. The van der Waals surface area contributed by atoms with Crippen molar-refractivity contribution in [1.82, 2.24) is 0 Å². The minimum absolute atomic E-state index is 0.225. The first-order chi connectivity index (χ1) is 15.8. The largest absolute Gasteiger partial charge is 0.492 e. The van der Waals surface area contributed by atoms with Gasteiger partial charge in [-0.1, -0.05) is 67.9 Å². The van der Waals surface area contributed by atoms with Crippen LogP contribution in [-0.2, 0) is 10.4 Å². The van der Waals surface area contributed by atoms with E-state index < -0.39 is 11.5 Å². The molecule has 1 atom stereocenters. The predicted octanol–water partition coefficient (Wildman–Crippen LogP) is 5.35. The summed E-state index contributed by atoms with van der Waals surface area (Å²) in [7, 11) is 0. The zero-order valence-electron chi connectivity index (χ0n) is 18.6. The highest BCUT2D eigenvalue weighted by Gasteiger charge is 2.50. The van der Waals surface area contributed by atoms with Gasteiger partial charge in [0.2, 0.25) is 0 Å². The summed E-state index contributed by atoms with van der Waals surface area (Å²) in [6.07, 6.45) is -0.321. The van der Waals surface area contributed by atoms with Crippen LogP contribution >= 0.6 is 11.6 Å². The molecule has 1 amide bonds. The Balaban J connectivity index is 1.51. The first kappa shape index (κ1) is 23.0. The summed E-state index contributed by atoms with van der Waals surface area (Å²) in [4.78, 5) is 27.8. The molecule has 1 aliphatic heterocycles. The molecule has 1 aliphatic rings. The van der Waals surface area contributed by atoms with Gasteiger partial charge in [0.1, 0.15) is 12.4 Å². The maximum absolute atomic E-state index is 13.3. The third kappa shape index (κ3) is 4.65. The van der Waals surface area contributed by atoms with Crippen LogP contribution in [0, 0.1) is 0 Å². The second kappa shape index (κ2) is 9.38. The maximum Gasteiger partial charge on any atom is 0.264 e. The number of ether oxygens (including phenoxy) is 1. The minimum atomic E-state index is -1.91. The molecule has 0 saturated carbocycles. The molecule has 0 saturated heterocycles. The van der Waals surface area contributed by atoms with Crippen molar-refractivity contribution < 1.29 is 19.4 Å². The third-order valence-corrected chi connectivity index (χ3v) is 6.20. The summed E-state index contributed by atoms with van der Waals surface area (Å²) in [5.74, 6) is 0.186. The van der Waals surface area contributed by atoms with E-state index >= 15 is 0 Å². The smallest absolute Gasteiger partial charge is 0.264 e. The Morgan fingerprint density at radius 3 is 2.36 bits per heavy atom. The summed E-state index contributed by atoms with van der Waals surface area (Å²) in [6.45, 7) is 4.62. The quantitative estimate of drug-likeness (QED) is 0.457. The topological polar surface area (TPSA) is 66.8 Å². The average Bonchev–Trinajstić information content (AvgIpc) is 3.02. The van der Waals surface area contributed by atoms with Gasteiger partial charge in [0.25, 0.3) is 5.91 Å². The van der Waals surface area contributed by atoms with Crippen LogP contribution in [0.4, 0.5) is 5.69 Å². The molecule has 4 rings (SSSR count). The Morgan fingerprint density at radius 2 is 1.70 bits per heavy atom. The van der Waals surface area contributed by atoms with Crippen molar-refractivity contribution in [2.75, 3.05) is 18.1 Å². The molecular weight excluding hydrogens is 438 g/mol. The average molecular weight is 464 g/mol. The van der Waals surface area contributed by atoms with E-state index in [0.29, 0.717) is 33.5 Å². The second-order valence-electron chi connectivity index (χ2n) is 8.51. The number of Topliss-reactive ketones (excluding diaryl/α,β-unsaturated/α-hetero) is 1. The van der Waals surface area contributed by atoms with Crippen molar-refractivity contribution >= 4 is 29.0 Å². The van der Waals surface area contributed by atoms with Gasteiger partial charge in [-0.3, -0.25) is 9.59 Å². The Bertz CT molecular complexity index is 1160. The number of hydrogen-bond donors (Lipinski definition) is 1. The lowest BCUT2D eigenvalue weighted by Crippen LogP contribution is -2.43. The number of para-hydroxylation sites is 1. The van der Waals surface area contributed by atoms with Crippen molar-refractivity contribution in [3.63, 3.8) is 0 Å². The monoisotopic (exact) mass is 463 g/mol. The Kier molecular flexibility index (Phi) is 6.54. The summed E-state index contributed by atoms with van der Waals surface area (Å²) < 4.78 is 5.73. The molecule has 3 aromatic carbocycles. The number of hydrogen-bond acceptors (Lipinski definition) is 4. The molecule has 0 bridgehead atoms. The molecule has 1 N–H and O–H groups in total. The molecule has 1 heterocycles. The van der Waals surface area contributed by atoms with Crippen LogP contribution in [0.1, 0.15) is 47.7 Å². The lowest BCUT2D eigenvalue weighted by molar-refractivity contribution is -0.135. The SMILES string of the molecule is CC(C)c1ccc(C(=O)CC2(O)C(=O)N(CCOc3ccc(Cl)cc3)c3ccccc32)cc1. The highest BCUT2D eigenvalue weighted by Crippen LogP contribution is 2.42. The number of aliphatic hydroxyl groups is 1. The Labute approximate surface area is 198 Å². The summed E-state index contributed by atoms with van der Waals surface area (Å²) >= 11 is 5.90. The number of nitrogens with zero attached hydrogens (tertiary/aromatic N) is 1. The number of benzene rings is 3. The first-order valence-corrected chi connectivity index (χ1v) is 11.3. The number of carbonyl (C=O) groups excluding carboxylic acids is 2. The predicted molar refractivity (Wildman–Crippen MR) is 129 cm³/mol. The van der Waals surface area contributed by atoms with Gasteiger partial charge < -0.3 is 14.7 Å². The molecule has 6 heteroatoms. The molecule has 0 aromatic heterocycles. The van der Waals surface area contributed by atoms with Crippen LogP contribution in [0.3, 0.4) is 0 Å². The number of carbonyl (C=O) groups is 2. The number of fused-ring (bicyclic) bond motifs is 1. The van der Waals surface area contributed by atoms with Crippen LogP contribution in [0.25, 0.3) is 0 Å². The van der Waals surface area contributed by atoms with Gasteiger partial charge in [0.15, 0.2) is 11.4 Å². The zero-order valence-corrected chi connectivity index (χ0v) is 19.4. The molecular formula is C27H26ClNO4. The summed E-state index contributed by atoms with van der Waals surface area (Å²) in [5, 5.41) is 12.0. The van der Waals surface area contributed by atoms with Crippen molar-refractivity contribution in [2.45, 2.75) is 31.8 Å². The molecule has 0 spiro atoms. The molecule has 0 fully saturated rings. The van der Waals surface area contributed by atoms with Crippen molar-refractivity contribution in [1.29, 1.82) is 0 Å². The first-order valence-electron chi connectivity index (χ1n) is 10.9. The van der Waals surface area contributed by atoms with Gasteiger partial charge in [-0.05, 0) is 41.8 Å². The zero-order chi connectivity index (χ0) is 23.6. The van der Waals surface area contributed by atoms with Gasteiger partial charge in [-0.15, -0.1) is 0 Å². The van der Waals surface area contributed by atoms with E-state index in [1.54, 1.807) is 60.7 Å². The van der Waals surface area contributed by atoms with E-state index in [2.05, 4.69) is 13.8 Å². The van der Waals surface area contributed by atoms with Crippen LogP contribution in [0.2, 0.25) is 5.02 Å². The molecule has 1 unspecified atom stereocenters. The lowest BCUT2D eigenvalue weighted by atomic mass is 9.87. The minimum Gasteiger partial charge on any atom is -0.492 e. The van der Waals surface area contributed by atoms with Crippen LogP contribution in [-0.4, -0.2) is 29.9 Å². The Hall–Kier alpha value is -3.15. The van der Waals surface area contributed by atoms with E-state index in [9.17, 15) is 14.7 Å². The number of anilines is 1. The van der Waals surface area contributed by atoms with Crippen molar-refractivity contribution in [3.8, 4) is 5.75 Å². The van der Waals surface area contributed by atoms with Crippen LogP contribution in [0.15, 0.2) is 72.8 Å². The van der Waals surface area contributed by atoms with E-state index in [1.807, 2.05) is 12.1 Å². The standard InChI is InChI=1S/C27H26ClNO4/c1-18(2)19-7-9-20(10-8-19)25(30)17-27(32)23-5-3-4-6-24(23)29(26(27)31)15-16-33-22-13-11-21(28)12-14-22/h3-14,18,32H,15-17H2,1-2H3. The third-order valence-electron chi connectivity index (χ3n) is 5.95. The molecule has 5 nitrogen and oxygen atoms in total. The van der Waals surface area contributed by atoms with Gasteiger partial charge in [0.05, 0.1) is 18.7 Å². The fourth-order valence-corrected chi connectivity index (χ4v) is 4.20. The maximum atomic E-state index is 13.3. The van der Waals surface area contributed by atoms with E-state index in [0.717, 1.165) is 5.56 Å². The lowest BCUT2D eigenvalue weighted by Gasteiger charge is -2.23. The number of rotatable bonds is 8. The van der Waals surface area contributed by atoms with Gasteiger partial charge in [-0.2, -0.15) is 0 Å². The highest BCUT2D eigenvalue weighted by atomic mass is 35.5. The van der Waals surface area contributed by atoms with Gasteiger partial charge in [0, 0.05) is 16.1 Å². The van der Waals surface area contributed by atoms with Crippen LogP contribution in [0.5, 0.6) is 5.75 Å². The fourth-order valence-electron chi connectivity index (χ4n) is 4.07. The molecule has 170 valence electrons. The van der Waals surface area contributed by atoms with Crippen molar-refractivity contribution in [2.24, 2.45) is 0 Å². The number of amides is 1. The Morgan fingerprint density at radius 1 is 1.03 bits per heavy atom. The highest BCUT2D eigenvalue weighted by molar-refractivity contribution is 6.30. The molecule has 3 aromatic rings. The number of ketones is 1. The van der Waals surface area contributed by atoms with E-state index in [-0.39, 0.29) is 25.4 Å². The summed E-state index contributed by atoms with van der Waals surface area (Å²) in [5.41, 5.74) is 0.716. The summed E-state index contributed by atoms with van der Waals surface area (Å²) in [6, 6.07) is 21.3. The molecule has 0 aliphatic carbocycles. The normalized spacial score (nSPS) is 17.4. The van der Waals surface area contributed by atoms with E-state index in [1.165, 1.54) is 4.90 Å².